The van der Waals surface area contributed by atoms with Crippen LogP contribution in [0.3, 0.4) is 0 Å². The minimum absolute atomic E-state index is 0.272. The number of aliphatic imine (C=N–C) groups is 1. The Morgan fingerprint density at radius 2 is 1.81 bits per heavy atom. The van der Waals surface area contributed by atoms with Crippen molar-refractivity contribution in [3.8, 4) is 5.75 Å². The van der Waals surface area contributed by atoms with Crippen molar-refractivity contribution in [2.24, 2.45) is 4.99 Å². The van der Waals surface area contributed by atoms with E-state index in [9.17, 15) is 8.42 Å². The first-order valence-electron chi connectivity index (χ1n) is 6.08. The van der Waals surface area contributed by atoms with Crippen LogP contribution in [0.5, 0.6) is 5.75 Å². The molecular weight excluding hydrogens is 310 g/mol. The summed E-state index contributed by atoms with van der Waals surface area (Å²) in [6, 6.07) is 11.7. The lowest BCUT2D eigenvalue weighted by molar-refractivity contribution is 0.415. The zero-order valence-electron chi connectivity index (χ0n) is 11.6. The van der Waals surface area contributed by atoms with Gasteiger partial charge in [-0.3, -0.25) is 4.99 Å². The molecule has 0 radical (unpaired) electrons. The average Bonchev–Trinajstić information content (AvgIpc) is 2.45. The van der Waals surface area contributed by atoms with Gasteiger partial charge in [-0.25, -0.2) is 8.42 Å². The van der Waals surface area contributed by atoms with Gasteiger partial charge in [-0.2, -0.15) is 0 Å². The SMILES string of the molecule is COc1ccc(C=Nc2ccc(S(C)(=O)=O)cc2)cc1Cl. The molecule has 0 saturated heterocycles. The standard InChI is InChI=1S/C15H14ClNO3S/c1-20-15-8-3-11(9-14(15)16)10-17-12-4-6-13(7-5-12)21(2,18)19/h3-10H,1-2H3. The van der Waals surface area contributed by atoms with Gasteiger partial charge in [-0.05, 0) is 48.0 Å². The van der Waals surface area contributed by atoms with Crippen molar-refractivity contribution in [2.75, 3.05) is 13.4 Å². The number of ether oxygens (including phenoxy) is 1. The second-order valence-electron chi connectivity index (χ2n) is 4.42. The number of methoxy groups -OCH3 is 1. The number of benzene rings is 2. The smallest absolute Gasteiger partial charge is 0.175 e. The Kier molecular flexibility index (Phi) is 4.65. The van der Waals surface area contributed by atoms with Crippen molar-refractivity contribution < 1.29 is 13.2 Å². The molecule has 0 bridgehead atoms. The molecule has 2 aromatic rings. The molecule has 0 aliphatic rings. The first kappa shape index (κ1) is 15.5. The van der Waals surface area contributed by atoms with Gasteiger partial charge in [0.1, 0.15) is 5.75 Å². The Labute approximate surface area is 129 Å². The fourth-order valence-electron chi connectivity index (χ4n) is 1.69. The summed E-state index contributed by atoms with van der Waals surface area (Å²) >= 11 is 6.03. The lowest BCUT2D eigenvalue weighted by atomic mass is 10.2. The monoisotopic (exact) mass is 323 g/mol. The van der Waals surface area contributed by atoms with Crippen LogP contribution in [0.1, 0.15) is 5.56 Å². The summed E-state index contributed by atoms with van der Waals surface area (Å²) in [6.07, 6.45) is 2.82. The molecule has 4 nitrogen and oxygen atoms in total. The second kappa shape index (κ2) is 6.28. The minimum Gasteiger partial charge on any atom is -0.495 e. The van der Waals surface area contributed by atoms with Crippen LogP contribution in [0.15, 0.2) is 52.4 Å². The second-order valence-corrected chi connectivity index (χ2v) is 6.84. The molecule has 0 N–H and O–H groups in total. The molecule has 21 heavy (non-hydrogen) atoms. The maximum atomic E-state index is 11.4. The molecule has 2 aromatic carbocycles. The van der Waals surface area contributed by atoms with Gasteiger partial charge >= 0.3 is 0 Å². The molecule has 0 saturated carbocycles. The molecule has 2 rings (SSSR count). The Hall–Kier alpha value is -1.85. The van der Waals surface area contributed by atoms with E-state index in [1.807, 2.05) is 6.07 Å². The average molecular weight is 324 g/mol. The van der Waals surface area contributed by atoms with Crippen molar-refractivity contribution >= 4 is 33.3 Å². The zero-order valence-corrected chi connectivity index (χ0v) is 13.1. The fourth-order valence-corrected chi connectivity index (χ4v) is 2.59. The molecule has 0 aliphatic carbocycles. The van der Waals surface area contributed by atoms with Gasteiger partial charge in [-0.15, -0.1) is 0 Å². The number of hydrogen-bond donors (Lipinski definition) is 0. The van der Waals surface area contributed by atoms with E-state index in [1.54, 1.807) is 37.6 Å². The van der Waals surface area contributed by atoms with Crippen LogP contribution in [-0.4, -0.2) is 28.0 Å². The third-order valence-electron chi connectivity index (χ3n) is 2.80. The lowest BCUT2D eigenvalue weighted by Crippen LogP contribution is -1.95. The minimum atomic E-state index is -3.18. The highest BCUT2D eigenvalue weighted by Gasteiger charge is 2.05. The molecule has 110 valence electrons. The zero-order chi connectivity index (χ0) is 15.5. The molecule has 0 amide bonds. The molecule has 0 spiro atoms. The summed E-state index contributed by atoms with van der Waals surface area (Å²) in [5.74, 6) is 0.603. The van der Waals surface area contributed by atoms with E-state index in [2.05, 4.69) is 4.99 Å². The van der Waals surface area contributed by atoms with Crippen molar-refractivity contribution in [3.63, 3.8) is 0 Å². The fraction of sp³-hybridized carbons (Fsp3) is 0.133. The van der Waals surface area contributed by atoms with Gasteiger partial charge < -0.3 is 4.74 Å². The number of hydrogen-bond acceptors (Lipinski definition) is 4. The van der Waals surface area contributed by atoms with Crippen LogP contribution in [-0.2, 0) is 9.84 Å². The van der Waals surface area contributed by atoms with Crippen LogP contribution < -0.4 is 4.74 Å². The Morgan fingerprint density at radius 3 is 2.33 bits per heavy atom. The van der Waals surface area contributed by atoms with Gasteiger partial charge in [0, 0.05) is 12.5 Å². The highest BCUT2D eigenvalue weighted by molar-refractivity contribution is 7.90. The molecule has 0 aliphatic heterocycles. The summed E-state index contributed by atoms with van der Waals surface area (Å²) in [5, 5.41) is 0.508. The molecule has 0 unspecified atom stereocenters. The Bertz CT molecular complexity index is 768. The number of sulfone groups is 1. The molecule has 0 atom stereocenters. The number of halogens is 1. The summed E-state index contributed by atoms with van der Waals surface area (Å²) in [4.78, 5) is 4.55. The highest BCUT2D eigenvalue weighted by atomic mass is 35.5. The van der Waals surface area contributed by atoms with Crippen LogP contribution in [0.2, 0.25) is 5.02 Å². The van der Waals surface area contributed by atoms with E-state index in [0.717, 1.165) is 5.56 Å². The van der Waals surface area contributed by atoms with Gasteiger partial charge in [0.15, 0.2) is 9.84 Å². The van der Waals surface area contributed by atoms with E-state index in [-0.39, 0.29) is 4.90 Å². The maximum absolute atomic E-state index is 11.4. The van der Waals surface area contributed by atoms with E-state index < -0.39 is 9.84 Å². The molecule has 0 fully saturated rings. The van der Waals surface area contributed by atoms with E-state index in [1.165, 1.54) is 18.4 Å². The first-order valence-corrected chi connectivity index (χ1v) is 8.35. The van der Waals surface area contributed by atoms with Gasteiger partial charge in [-0.1, -0.05) is 11.6 Å². The van der Waals surface area contributed by atoms with Gasteiger partial charge in [0.2, 0.25) is 0 Å². The van der Waals surface area contributed by atoms with Gasteiger partial charge in [0.25, 0.3) is 0 Å². The Morgan fingerprint density at radius 1 is 1.14 bits per heavy atom. The highest BCUT2D eigenvalue weighted by Crippen LogP contribution is 2.24. The normalized spacial score (nSPS) is 11.8. The van der Waals surface area contributed by atoms with Gasteiger partial charge in [0.05, 0.1) is 22.7 Å². The molecule has 0 aromatic heterocycles. The summed E-state index contributed by atoms with van der Waals surface area (Å²) in [5.41, 5.74) is 1.49. The quantitative estimate of drug-likeness (QED) is 0.809. The third-order valence-corrected chi connectivity index (χ3v) is 4.23. The number of nitrogens with zero attached hydrogens (tertiary/aromatic N) is 1. The van der Waals surface area contributed by atoms with Crippen molar-refractivity contribution in [3.05, 3.63) is 53.1 Å². The van der Waals surface area contributed by atoms with Crippen LogP contribution in [0, 0.1) is 0 Å². The van der Waals surface area contributed by atoms with Crippen molar-refractivity contribution in [2.45, 2.75) is 4.90 Å². The Balaban J connectivity index is 2.19. The third kappa shape index (κ3) is 4.06. The molecule has 0 heterocycles. The summed E-state index contributed by atoms with van der Waals surface area (Å²) < 4.78 is 27.8. The molecule has 6 heteroatoms. The van der Waals surface area contributed by atoms with Crippen molar-refractivity contribution in [1.82, 2.24) is 0 Å². The van der Waals surface area contributed by atoms with Crippen LogP contribution in [0.4, 0.5) is 5.69 Å². The van der Waals surface area contributed by atoms with E-state index in [4.69, 9.17) is 16.3 Å². The van der Waals surface area contributed by atoms with Crippen LogP contribution >= 0.6 is 11.6 Å². The number of rotatable bonds is 4. The first-order chi connectivity index (χ1) is 9.90. The predicted molar refractivity (Wildman–Crippen MR) is 84.8 cm³/mol. The maximum Gasteiger partial charge on any atom is 0.175 e. The largest absolute Gasteiger partial charge is 0.495 e. The van der Waals surface area contributed by atoms with E-state index in [0.29, 0.717) is 16.5 Å². The predicted octanol–water partition coefficient (Wildman–Crippen LogP) is 3.50. The topological polar surface area (TPSA) is 55.7 Å². The lowest BCUT2D eigenvalue weighted by Gasteiger charge is -2.03. The van der Waals surface area contributed by atoms with Crippen molar-refractivity contribution in [1.29, 1.82) is 0 Å². The summed E-state index contributed by atoms with van der Waals surface area (Å²) in [6.45, 7) is 0. The summed E-state index contributed by atoms with van der Waals surface area (Å²) in [7, 11) is -1.63. The van der Waals surface area contributed by atoms with E-state index >= 15 is 0 Å². The van der Waals surface area contributed by atoms with Crippen LogP contribution in [0.25, 0.3) is 0 Å². The molecular formula is C15H14ClNO3S.